The Morgan fingerprint density at radius 1 is 1.00 bits per heavy atom. The summed E-state index contributed by atoms with van der Waals surface area (Å²) in [6.07, 6.45) is 0. The summed E-state index contributed by atoms with van der Waals surface area (Å²) in [5, 5.41) is 2.90. The van der Waals surface area contributed by atoms with E-state index in [1.54, 1.807) is 48.5 Å². The van der Waals surface area contributed by atoms with Gasteiger partial charge in [-0.3, -0.25) is 9.10 Å². The number of aryl methyl sites for hydroxylation is 1. The van der Waals surface area contributed by atoms with Crippen LogP contribution in [0.15, 0.2) is 71.6 Å². The van der Waals surface area contributed by atoms with Crippen LogP contribution >= 0.6 is 0 Å². The number of nitrogens with zero attached hydrogens (tertiary/aromatic N) is 1. The molecule has 0 fully saturated rings. The number of benzene rings is 3. The van der Waals surface area contributed by atoms with Crippen LogP contribution in [-0.2, 0) is 14.8 Å². The van der Waals surface area contributed by atoms with Gasteiger partial charge in [-0.2, -0.15) is 0 Å². The normalized spacial score (nSPS) is 13.6. The molecule has 0 unspecified atom stereocenters. The predicted molar refractivity (Wildman–Crippen MR) is 133 cm³/mol. The van der Waals surface area contributed by atoms with E-state index < -0.39 is 10.0 Å². The molecule has 0 radical (unpaired) electrons. The maximum Gasteiger partial charge on any atom is 0.264 e. The molecule has 0 saturated heterocycles. The molecule has 1 N–H and O–H groups in total. The molecule has 3 aromatic carbocycles. The zero-order chi connectivity index (χ0) is 25.0. The molecule has 0 saturated carbocycles. The third-order valence-corrected chi connectivity index (χ3v) is 7.49. The van der Waals surface area contributed by atoms with Crippen LogP contribution in [0.2, 0.25) is 0 Å². The van der Waals surface area contributed by atoms with Crippen LogP contribution in [0.1, 0.15) is 24.1 Å². The van der Waals surface area contributed by atoms with Gasteiger partial charge in [0.25, 0.3) is 15.9 Å². The Hall–Kier alpha value is -3.72. The standard InChI is InChI=1S/C26H28N2O6S/c1-18-4-11-23(12-5-18)35(30,31)28(3)21-7-9-22(10-8-21)34-17-26(29)27-19(2)20-6-13-24-25(16-20)33-15-14-32-24/h4-13,16,19H,14-15,17H2,1-3H3,(H,27,29)/t19-/m0/s1. The van der Waals surface area contributed by atoms with E-state index in [4.69, 9.17) is 14.2 Å². The van der Waals surface area contributed by atoms with Gasteiger partial charge in [-0.25, -0.2) is 8.42 Å². The molecule has 3 aromatic rings. The summed E-state index contributed by atoms with van der Waals surface area (Å²) in [7, 11) is -2.18. The van der Waals surface area contributed by atoms with E-state index in [1.165, 1.54) is 11.4 Å². The number of ether oxygens (including phenoxy) is 3. The minimum Gasteiger partial charge on any atom is -0.486 e. The first-order chi connectivity index (χ1) is 16.7. The van der Waals surface area contributed by atoms with Crippen LogP contribution in [0.25, 0.3) is 0 Å². The Morgan fingerprint density at radius 3 is 2.34 bits per heavy atom. The Morgan fingerprint density at radius 2 is 1.66 bits per heavy atom. The first-order valence-corrected chi connectivity index (χ1v) is 12.7. The number of hydrogen-bond acceptors (Lipinski definition) is 6. The van der Waals surface area contributed by atoms with E-state index in [-0.39, 0.29) is 23.5 Å². The highest BCUT2D eigenvalue weighted by molar-refractivity contribution is 7.92. The zero-order valence-corrected chi connectivity index (χ0v) is 20.7. The SMILES string of the molecule is Cc1ccc(S(=O)(=O)N(C)c2ccc(OCC(=O)N[C@@H](C)c3ccc4c(c3)OCCO4)cc2)cc1. The van der Waals surface area contributed by atoms with Gasteiger partial charge in [0.05, 0.1) is 16.6 Å². The Kier molecular flexibility index (Phi) is 7.16. The van der Waals surface area contributed by atoms with Gasteiger partial charge < -0.3 is 19.5 Å². The average molecular weight is 497 g/mol. The Bertz CT molecular complexity index is 1290. The fraction of sp³-hybridized carbons (Fsp3) is 0.269. The van der Waals surface area contributed by atoms with E-state index in [2.05, 4.69) is 5.32 Å². The first-order valence-electron chi connectivity index (χ1n) is 11.2. The van der Waals surface area contributed by atoms with Crippen molar-refractivity contribution < 1.29 is 27.4 Å². The van der Waals surface area contributed by atoms with E-state index in [0.29, 0.717) is 36.1 Å². The highest BCUT2D eigenvalue weighted by Gasteiger charge is 2.21. The average Bonchev–Trinajstić information content (AvgIpc) is 2.87. The van der Waals surface area contributed by atoms with Crippen LogP contribution in [0.5, 0.6) is 17.2 Å². The summed E-state index contributed by atoms with van der Waals surface area (Å²) in [5.41, 5.74) is 2.36. The maximum atomic E-state index is 12.9. The summed E-state index contributed by atoms with van der Waals surface area (Å²) in [5.74, 6) is 1.54. The second-order valence-electron chi connectivity index (χ2n) is 8.26. The second kappa shape index (κ2) is 10.3. The lowest BCUT2D eigenvalue weighted by Gasteiger charge is -2.21. The molecule has 4 rings (SSSR count). The molecule has 184 valence electrons. The summed E-state index contributed by atoms with van der Waals surface area (Å²) in [6.45, 7) is 4.62. The highest BCUT2D eigenvalue weighted by atomic mass is 32.2. The third-order valence-electron chi connectivity index (χ3n) is 5.69. The molecule has 0 bridgehead atoms. The number of amides is 1. The second-order valence-corrected chi connectivity index (χ2v) is 10.2. The van der Waals surface area contributed by atoms with Crippen molar-refractivity contribution in [2.75, 3.05) is 31.2 Å². The van der Waals surface area contributed by atoms with E-state index >= 15 is 0 Å². The van der Waals surface area contributed by atoms with E-state index in [1.807, 2.05) is 32.0 Å². The Labute approximate surface area is 205 Å². The molecular formula is C26H28N2O6S. The van der Waals surface area contributed by atoms with Gasteiger partial charge >= 0.3 is 0 Å². The number of fused-ring (bicyclic) bond motifs is 1. The lowest BCUT2D eigenvalue weighted by molar-refractivity contribution is -0.123. The monoisotopic (exact) mass is 496 g/mol. The fourth-order valence-electron chi connectivity index (χ4n) is 3.60. The predicted octanol–water partition coefficient (Wildman–Crippen LogP) is 3.85. The molecule has 0 aromatic heterocycles. The lowest BCUT2D eigenvalue weighted by Crippen LogP contribution is -2.31. The topological polar surface area (TPSA) is 94.2 Å². The number of carbonyl (C=O) groups is 1. The molecule has 1 aliphatic heterocycles. The molecule has 8 nitrogen and oxygen atoms in total. The van der Waals surface area contributed by atoms with Crippen molar-refractivity contribution >= 4 is 21.6 Å². The van der Waals surface area contributed by atoms with E-state index in [0.717, 1.165) is 11.1 Å². The van der Waals surface area contributed by atoms with Crippen LogP contribution < -0.4 is 23.8 Å². The number of carbonyl (C=O) groups excluding carboxylic acids is 1. The quantitative estimate of drug-likeness (QED) is 0.509. The number of rotatable bonds is 8. The van der Waals surface area contributed by atoms with Crippen LogP contribution in [0, 0.1) is 6.92 Å². The van der Waals surface area contributed by atoms with Crippen molar-refractivity contribution in [3.05, 3.63) is 77.9 Å². The van der Waals surface area contributed by atoms with Gasteiger partial charge in [0.1, 0.15) is 19.0 Å². The van der Waals surface area contributed by atoms with Gasteiger partial charge in [0.2, 0.25) is 0 Å². The van der Waals surface area contributed by atoms with Crippen LogP contribution in [0.3, 0.4) is 0 Å². The van der Waals surface area contributed by atoms with Crippen LogP contribution in [-0.4, -0.2) is 41.2 Å². The van der Waals surface area contributed by atoms with E-state index in [9.17, 15) is 13.2 Å². The highest BCUT2D eigenvalue weighted by Crippen LogP contribution is 2.32. The van der Waals surface area contributed by atoms with Crippen molar-refractivity contribution in [3.63, 3.8) is 0 Å². The largest absolute Gasteiger partial charge is 0.486 e. The number of sulfonamides is 1. The first kappa shape index (κ1) is 24.4. The van der Waals surface area contributed by atoms with Crippen molar-refractivity contribution in [2.45, 2.75) is 24.8 Å². The molecule has 1 amide bonds. The summed E-state index contributed by atoms with van der Waals surface area (Å²) in [6, 6.07) is 18.6. The maximum absolute atomic E-state index is 12.9. The molecule has 1 aliphatic rings. The summed E-state index contributed by atoms with van der Waals surface area (Å²) < 4.78 is 43.7. The molecule has 0 spiro atoms. The number of anilines is 1. The fourth-order valence-corrected chi connectivity index (χ4v) is 4.80. The molecule has 0 aliphatic carbocycles. The molecular weight excluding hydrogens is 468 g/mol. The summed E-state index contributed by atoms with van der Waals surface area (Å²) in [4.78, 5) is 12.6. The zero-order valence-electron chi connectivity index (χ0n) is 19.9. The molecule has 1 atom stereocenters. The third kappa shape index (κ3) is 5.68. The minimum absolute atomic E-state index is 0.175. The van der Waals surface area contributed by atoms with Crippen molar-refractivity contribution in [1.29, 1.82) is 0 Å². The van der Waals surface area contributed by atoms with Gasteiger partial charge in [0.15, 0.2) is 18.1 Å². The van der Waals surface area contributed by atoms with Gasteiger partial charge in [0, 0.05) is 7.05 Å². The van der Waals surface area contributed by atoms with Gasteiger partial charge in [-0.15, -0.1) is 0 Å². The molecule has 35 heavy (non-hydrogen) atoms. The van der Waals surface area contributed by atoms with Gasteiger partial charge in [-0.05, 0) is 67.9 Å². The smallest absolute Gasteiger partial charge is 0.264 e. The van der Waals surface area contributed by atoms with Crippen molar-refractivity contribution in [3.8, 4) is 17.2 Å². The number of hydrogen-bond donors (Lipinski definition) is 1. The molecule has 9 heteroatoms. The van der Waals surface area contributed by atoms with Gasteiger partial charge in [-0.1, -0.05) is 23.8 Å². The van der Waals surface area contributed by atoms with Crippen molar-refractivity contribution in [1.82, 2.24) is 5.32 Å². The van der Waals surface area contributed by atoms with Crippen molar-refractivity contribution in [2.24, 2.45) is 0 Å². The van der Waals surface area contributed by atoms with Crippen LogP contribution in [0.4, 0.5) is 5.69 Å². The lowest BCUT2D eigenvalue weighted by atomic mass is 10.1. The minimum atomic E-state index is -3.68. The Balaban J connectivity index is 1.32. The number of nitrogens with one attached hydrogen (secondary N) is 1. The summed E-state index contributed by atoms with van der Waals surface area (Å²) >= 11 is 0. The molecule has 1 heterocycles.